The monoisotopic (exact) mass is 344 g/mol. The van der Waals surface area contributed by atoms with Crippen molar-refractivity contribution in [3.63, 3.8) is 0 Å². The summed E-state index contributed by atoms with van der Waals surface area (Å²) in [7, 11) is 1.36. The van der Waals surface area contributed by atoms with Crippen molar-refractivity contribution in [3.8, 4) is 22.5 Å². The third-order valence-corrected chi connectivity index (χ3v) is 4.18. The topological polar surface area (TPSA) is 69.4 Å². The van der Waals surface area contributed by atoms with Crippen molar-refractivity contribution >= 4 is 11.6 Å². The molecule has 0 saturated heterocycles. The molecule has 4 rings (SSSR count). The summed E-state index contributed by atoms with van der Waals surface area (Å²) < 4.78 is 6.70. The molecule has 0 aliphatic rings. The van der Waals surface area contributed by atoms with Crippen LogP contribution in [0.2, 0.25) is 0 Å². The van der Waals surface area contributed by atoms with Gasteiger partial charge in [0.05, 0.1) is 7.11 Å². The molecule has 6 heteroatoms. The number of aryl methyl sites for hydroxylation is 1. The second-order valence-corrected chi connectivity index (χ2v) is 5.84. The minimum atomic E-state index is -0.458. The van der Waals surface area contributed by atoms with Gasteiger partial charge in [0, 0.05) is 34.8 Å². The maximum atomic E-state index is 12.6. The fourth-order valence-corrected chi connectivity index (χ4v) is 2.95. The van der Waals surface area contributed by atoms with Crippen molar-refractivity contribution in [2.75, 3.05) is 7.11 Å². The van der Waals surface area contributed by atoms with Gasteiger partial charge in [0.25, 0.3) is 0 Å². The van der Waals surface area contributed by atoms with Gasteiger partial charge in [0.2, 0.25) is 0 Å². The number of carbonyl (C=O) groups excluding carboxylic acids is 1. The molecule has 0 amide bonds. The summed E-state index contributed by atoms with van der Waals surface area (Å²) in [5.41, 5.74) is 4.13. The Kier molecular flexibility index (Phi) is 3.93. The molecule has 0 fully saturated rings. The van der Waals surface area contributed by atoms with Gasteiger partial charge >= 0.3 is 5.97 Å². The van der Waals surface area contributed by atoms with E-state index < -0.39 is 5.97 Å². The zero-order chi connectivity index (χ0) is 18.1. The SMILES string of the molecule is COC(=O)c1c(-c2cccnc2)cc(C)n2nc(-c3ccccc3)nc12. The van der Waals surface area contributed by atoms with Crippen LogP contribution in [0.4, 0.5) is 0 Å². The summed E-state index contributed by atoms with van der Waals surface area (Å²) in [5.74, 6) is 0.100. The number of benzene rings is 1. The van der Waals surface area contributed by atoms with Crippen LogP contribution in [0.1, 0.15) is 16.1 Å². The van der Waals surface area contributed by atoms with Crippen LogP contribution in [-0.4, -0.2) is 32.7 Å². The smallest absolute Gasteiger partial charge is 0.342 e. The van der Waals surface area contributed by atoms with Gasteiger partial charge in [0.15, 0.2) is 11.5 Å². The molecule has 26 heavy (non-hydrogen) atoms. The Bertz CT molecular complexity index is 1090. The zero-order valence-electron chi connectivity index (χ0n) is 14.4. The average molecular weight is 344 g/mol. The van der Waals surface area contributed by atoms with E-state index in [-0.39, 0.29) is 0 Å². The van der Waals surface area contributed by atoms with Crippen LogP contribution >= 0.6 is 0 Å². The molecule has 3 aromatic heterocycles. The number of ether oxygens (including phenoxy) is 1. The number of aromatic nitrogens is 4. The van der Waals surface area contributed by atoms with E-state index in [1.54, 1.807) is 16.9 Å². The van der Waals surface area contributed by atoms with Gasteiger partial charge in [0.1, 0.15) is 5.56 Å². The van der Waals surface area contributed by atoms with Gasteiger partial charge in [-0.3, -0.25) is 4.98 Å². The third-order valence-electron chi connectivity index (χ3n) is 4.18. The molecule has 128 valence electrons. The average Bonchev–Trinajstić information content (AvgIpc) is 3.14. The van der Waals surface area contributed by atoms with Gasteiger partial charge < -0.3 is 4.74 Å². The number of fused-ring (bicyclic) bond motifs is 1. The summed E-state index contributed by atoms with van der Waals surface area (Å²) in [6.45, 7) is 1.93. The first kappa shape index (κ1) is 16.0. The highest BCUT2D eigenvalue weighted by Gasteiger charge is 2.22. The first-order valence-corrected chi connectivity index (χ1v) is 8.13. The summed E-state index contributed by atoms with van der Waals surface area (Å²) in [4.78, 5) is 21.3. The van der Waals surface area contributed by atoms with E-state index in [2.05, 4.69) is 15.1 Å². The quantitative estimate of drug-likeness (QED) is 0.532. The first-order valence-electron chi connectivity index (χ1n) is 8.13. The summed E-state index contributed by atoms with van der Waals surface area (Å²) in [5, 5.41) is 4.58. The predicted octanol–water partition coefficient (Wildman–Crippen LogP) is 3.55. The molecule has 0 radical (unpaired) electrons. The summed E-state index contributed by atoms with van der Waals surface area (Å²) in [6.07, 6.45) is 3.41. The Hall–Kier alpha value is -3.54. The van der Waals surface area contributed by atoms with Gasteiger partial charge in [-0.05, 0) is 19.1 Å². The normalized spacial score (nSPS) is 10.8. The number of hydrogen-bond donors (Lipinski definition) is 0. The number of rotatable bonds is 3. The standard InChI is InChI=1S/C20H16N4O2/c1-13-11-16(15-9-6-10-21-12-15)17(20(25)26-2)19-22-18(23-24(13)19)14-7-4-3-5-8-14/h3-12H,1-2H3. The molecule has 0 unspecified atom stereocenters. The lowest BCUT2D eigenvalue weighted by atomic mass is 10.0. The van der Waals surface area contributed by atoms with Crippen LogP contribution in [0.5, 0.6) is 0 Å². The van der Waals surface area contributed by atoms with Gasteiger partial charge in [-0.25, -0.2) is 14.3 Å². The van der Waals surface area contributed by atoms with Crippen molar-refractivity contribution in [3.05, 3.63) is 72.2 Å². The van der Waals surface area contributed by atoms with E-state index >= 15 is 0 Å². The minimum Gasteiger partial charge on any atom is -0.465 e. The van der Waals surface area contributed by atoms with Crippen molar-refractivity contribution in [2.45, 2.75) is 6.92 Å². The molecule has 1 aromatic carbocycles. The maximum absolute atomic E-state index is 12.6. The van der Waals surface area contributed by atoms with E-state index in [4.69, 9.17) is 4.74 Å². The van der Waals surface area contributed by atoms with Crippen molar-refractivity contribution < 1.29 is 9.53 Å². The Balaban J connectivity index is 2.03. The van der Waals surface area contributed by atoms with Crippen LogP contribution < -0.4 is 0 Å². The molecule has 0 N–H and O–H groups in total. The van der Waals surface area contributed by atoms with Crippen molar-refractivity contribution in [1.29, 1.82) is 0 Å². The molecular formula is C20H16N4O2. The molecular weight excluding hydrogens is 328 g/mol. The number of pyridine rings is 2. The third kappa shape index (κ3) is 2.61. The van der Waals surface area contributed by atoms with E-state index in [9.17, 15) is 4.79 Å². The number of methoxy groups -OCH3 is 1. The molecule has 3 heterocycles. The lowest BCUT2D eigenvalue weighted by Gasteiger charge is -2.10. The number of hydrogen-bond acceptors (Lipinski definition) is 5. The molecule has 0 saturated carbocycles. The lowest BCUT2D eigenvalue weighted by Crippen LogP contribution is -2.09. The zero-order valence-corrected chi connectivity index (χ0v) is 14.4. The van der Waals surface area contributed by atoms with Crippen LogP contribution in [0.3, 0.4) is 0 Å². The fraction of sp³-hybridized carbons (Fsp3) is 0.100. The lowest BCUT2D eigenvalue weighted by molar-refractivity contribution is 0.0603. The Morgan fingerprint density at radius 2 is 1.85 bits per heavy atom. The van der Waals surface area contributed by atoms with Crippen LogP contribution in [0, 0.1) is 6.92 Å². The largest absolute Gasteiger partial charge is 0.465 e. The molecule has 0 spiro atoms. The fourth-order valence-electron chi connectivity index (χ4n) is 2.95. The highest BCUT2D eigenvalue weighted by molar-refractivity contribution is 6.03. The predicted molar refractivity (Wildman–Crippen MR) is 97.7 cm³/mol. The maximum Gasteiger partial charge on any atom is 0.342 e. The van der Waals surface area contributed by atoms with E-state index in [0.29, 0.717) is 17.0 Å². The molecule has 4 aromatic rings. The summed E-state index contributed by atoms with van der Waals surface area (Å²) >= 11 is 0. The number of carbonyl (C=O) groups is 1. The van der Waals surface area contributed by atoms with Gasteiger partial charge in [-0.2, -0.15) is 0 Å². The van der Waals surface area contributed by atoms with Crippen molar-refractivity contribution in [2.24, 2.45) is 0 Å². The Labute approximate surface area is 150 Å². The number of nitrogens with zero attached hydrogens (tertiary/aromatic N) is 4. The Morgan fingerprint density at radius 1 is 1.08 bits per heavy atom. The van der Waals surface area contributed by atoms with E-state index in [0.717, 1.165) is 22.4 Å². The molecule has 0 aliphatic carbocycles. The Morgan fingerprint density at radius 3 is 2.54 bits per heavy atom. The second-order valence-electron chi connectivity index (χ2n) is 5.84. The summed E-state index contributed by atoms with van der Waals surface area (Å²) in [6, 6.07) is 15.3. The number of esters is 1. The first-order chi connectivity index (χ1) is 12.7. The van der Waals surface area contributed by atoms with Gasteiger partial charge in [-0.1, -0.05) is 36.4 Å². The molecule has 0 bridgehead atoms. The van der Waals surface area contributed by atoms with E-state index in [1.807, 2.05) is 55.5 Å². The van der Waals surface area contributed by atoms with Crippen LogP contribution in [-0.2, 0) is 4.74 Å². The highest BCUT2D eigenvalue weighted by atomic mass is 16.5. The van der Waals surface area contributed by atoms with Crippen molar-refractivity contribution in [1.82, 2.24) is 19.6 Å². The second kappa shape index (κ2) is 6.40. The molecule has 6 nitrogen and oxygen atoms in total. The van der Waals surface area contributed by atoms with Gasteiger partial charge in [-0.15, -0.1) is 5.10 Å². The van der Waals surface area contributed by atoms with E-state index in [1.165, 1.54) is 7.11 Å². The minimum absolute atomic E-state index is 0.376. The highest BCUT2D eigenvalue weighted by Crippen LogP contribution is 2.29. The molecule has 0 atom stereocenters. The van der Waals surface area contributed by atoms with Crippen LogP contribution in [0.15, 0.2) is 60.9 Å². The molecule has 0 aliphatic heterocycles. The van der Waals surface area contributed by atoms with Crippen LogP contribution in [0.25, 0.3) is 28.2 Å².